The quantitative estimate of drug-likeness (QED) is 0.538. The number of nitrogens with zero attached hydrogens (tertiary/aromatic N) is 2. The molecule has 1 aliphatic heterocycles. The number of ether oxygens (including phenoxy) is 1. The SMILES string of the molecule is Cc1ccc(C)c(OCc2ccc(C(=O)N3CCN(Cc4ccccc4Cl)CC3)o2)c1. The van der Waals surface area contributed by atoms with Gasteiger partial charge in [-0.05, 0) is 54.8 Å². The van der Waals surface area contributed by atoms with Crippen LogP contribution in [0.4, 0.5) is 0 Å². The monoisotopic (exact) mass is 438 g/mol. The second kappa shape index (κ2) is 9.58. The number of hydrogen-bond acceptors (Lipinski definition) is 4. The molecule has 31 heavy (non-hydrogen) atoms. The summed E-state index contributed by atoms with van der Waals surface area (Å²) in [6, 6.07) is 17.5. The van der Waals surface area contributed by atoms with Gasteiger partial charge in [0.05, 0.1) is 0 Å². The molecule has 0 atom stereocenters. The van der Waals surface area contributed by atoms with E-state index in [1.165, 1.54) is 0 Å². The van der Waals surface area contributed by atoms with Gasteiger partial charge < -0.3 is 14.1 Å². The Bertz CT molecular complexity index is 1050. The molecule has 1 aromatic heterocycles. The Morgan fingerprint density at radius 2 is 1.81 bits per heavy atom. The van der Waals surface area contributed by atoms with Crippen LogP contribution in [0.1, 0.15) is 33.0 Å². The third-order valence-electron chi connectivity index (χ3n) is 5.60. The number of carbonyl (C=O) groups is 1. The number of piperazine rings is 1. The number of rotatable bonds is 6. The maximum atomic E-state index is 12.9. The second-order valence-corrected chi connectivity index (χ2v) is 8.39. The van der Waals surface area contributed by atoms with Gasteiger partial charge in [0.2, 0.25) is 0 Å². The van der Waals surface area contributed by atoms with Crippen LogP contribution in [0.2, 0.25) is 5.02 Å². The van der Waals surface area contributed by atoms with Gasteiger partial charge in [-0.15, -0.1) is 0 Å². The van der Waals surface area contributed by atoms with Gasteiger partial charge in [0.15, 0.2) is 5.76 Å². The standard InChI is InChI=1S/C25H27ClN2O3/c1-18-7-8-19(2)24(15-18)30-17-21-9-10-23(31-21)25(29)28-13-11-27(12-14-28)16-20-5-3-4-6-22(20)26/h3-10,15H,11-14,16-17H2,1-2H3. The highest BCUT2D eigenvalue weighted by Crippen LogP contribution is 2.22. The van der Waals surface area contributed by atoms with Gasteiger partial charge in [-0.2, -0.15) is 0 Å². The van der Waals surface area contributed by atoms with E-state index in [0.29, 0.717) is 31.2 Å². The zero-order valence-electron chi connectivity index (χ0n) is 17.9. The fraction of sp³-hybridized carbons (Fsp3) is 0.320. The molecule has 1 fully saturated rings. The zero-order chi connectivity index (χ0) is 21.8. The summed E-state index contributed by atoms with van der Waals surface area (Å²) in [5.74, 6) is 1.76. The lowest BCUT2D eigenvalue weighted by atomic mass is 10.1. The second-order valence-electron chi connectivity index (χ2n) is 7.98. The Kier molecular flexibility index (Phi) is 6.64. The van der Waals surface area contributed by atoms with Gasteiger partial charge in [-0.1, -0.05) is 41.9 Å². The van der Waals surface area contributed by atoms with Crippen LogP contribution in [-0.2, 0) is 13.2 Å². The van der Waals surface area contributed by atoms with E-state index in [1.807, 2.05) is 61.2 Å². The Labute approximate surface area is 188 Å². The molecular formula is C25H27ClN2O3. The summed E-state index contributed by atoms with van der Waals surface area (Å²) in [5, 5.41) is 0.784. The van der Waals surface area contributed by atoms with Crippen LogP contribution in [0, 0.1) is 13.8 Å². The topological polar surface area (TPSA) is 45.9 Å². The van der Waals surface area contributed by atoms with Crippen LogP contribution < -0.4 is 4.74 Å². The summed E-state index contributed by atoms with van der Waals surface area (Å²) >= 11 is 6.27. The number of furan rings is 1. The molecule has 0 N–H and O–H groups in total. The molecule has 0 unspecified atom stereocenters. The van der Waals surface area contributed by atoms with E-state index in [4.69, 9.17) is 20.8 Å². The van der Waals surface area contributed by atoms with Crippen LogP contribution in [-0.4, -0.2) is 41.9 Å². The average molecular weight is 439 g/mol. The van der Waals surface area contributed by atoms with Gasteiger partial charge in [0.1, 0.15) is 18.1 Å². The summed E-state index contributed by atoms with van der Waals surface area (Å²) in [5.41, 5.74) is 3.33. The lowest BCUT2D eigenvalue weighted by Gasteiger charge is -2.34. The number of amides is 1. The molecule has 3 aromatic rings. The lowest BCUT2D eigenvalue weighted by Crippen LogP contribution is -2.48. The molecule has 0 aliphatic carbocycles. The first-order valence-electron chi connectivity index (χ1n) is 10.5. The minimum absolute atomic E-state index is 0.0737. The average Bonchev–Trinajstić information content (AvgIpc) is 3.25. The fourth-order valence-corrected chi connectivity index (χ4v) is 3.91. The van der Waals surface area contributed by atoms with E-state index >= 15 is 0 Å². The van der Waals surface area contributed by atoms with Gasteiger partial charge in [-0.3, -0.25) is 9.69 Å². The first-order valence-corrected chi connectivity index (χ1v) is 10.9. The predicted molar refractivity (Wildman–Crippen MR) is 122 cm³/mol. The molecule has 2 aromatic carbocycles. The van der Waals surface area contributed by atoms with Crippen molar-refractivity contribution in [3.63, 3.8) is 0 Å². The van der Waals surface area contributed by atoms with Crippen molar-refractivity contribution in [2.75, 3.05) is 26.2 Å². The molecule has 1 saturated heterocycles. The van der Waals surface area contributed by atoms with Gasteiger partial charge >= 0.3 is 0 Å². The molecule has 1 aliphatic rings. The van der Waals surface area contributed by atoms with Crippen LogP contribution >= 0.6 is 11.6 Å². The molecule has 1 amide bonds. The largest absolute Gasteiger partial charge is 0.485 e. The van der Waals surface area contributed by atoms with E-state index in [-0.39, 0.29) is 5.91 Å². The van der Waals surface area contributed by atoms with Gasteiger partial charge in [-0.25, -0.2) is 0 Å². The van der Waals surface area contributed by atoms with E-state index in [2.05, 4.69) is 11.0 Å². The summed E-state index contributed by atoms with van der Waals surface area (Å²) in [6.07, 6.45) is 0. The number of benzene rings is 2. The maximum absolute atomic E-state index is 12.9. The van der Waals surface area contributed by atoms with E-state index in [0.717, 1.165) is 47.1 Å². The highest BCUT2D eigenvalue weighted by molar-refractivity contribution is 6.31. The van der Waals surface area contributed by atoms with Crippen molar-refractivity contribution in [1.29, 1.82) is 0 Å². The first-order chi connectivity index (χ1) is 15.0. The van der Waals surface area contributed by atoms with Gasteiger partial charge in [0.25, 0.3) is 5.91 Å². The Balaban J connectivity index is 1.30. The predicted octanol–water partition coefficient (Wildman–Crippen LogP) is 5.09. The number of carbonyl (C=O) groups excluding carboxylic acids is 1. The van der Waals surface area contributed by atoms with Crippen LogP contribution in [0.25, 0.3) is 0 Å². The van der Waals surface area contributed by atoms with Crippen molar-refractivity contribution in [3.05, 3.63) is 87.8 Å². The van der Waals surface area contributed by atoms with E-state index < -0.39 is 0 Å². The molecule has 0 radical (unpaired) electrons. The smallest absolute Gasteiger partial charge is 0.289 e. The lowest BCUT2D eigenvalue weighted by molar-refractivity contribution is 0.0594. The van der Waals surface area contributed by atoms with Crippen molar-refractivity contribution >= 4 is 17.5 Å². The molecule has 162 valence electrons. The minimum Gasteiger partial charge on any atom is -0.485 e. The summed E-state index contributed by atoms with van der Waals surface area (Å²) in [4.78, 5) is 17.0. The number of aryl methyl sites for hydroxylation is 2. The summed E-state index contributed by atoms with van der Waals surface area (Å²) in [6.45, 7) is 8.07. The molecule has 6 heteroatoms. The van der Waals surface area contributed by atoms with Crippen LogP contribution in [0.5, 0.6) is 5.75 Å². The molecule has 2 heterocycles. The van der Waals surface area contributed by atoms with Crippen molar-refractivity contribution in [1.82, 2.24) is 9.80 Å². The minimum atomic E-state index is -0.0737. The highest BCUT2D eigenvalue weighted by Gasteiger charge is 2.24. The van der Waals surface area contributed by atoms with Crippen molar-refractivity contribution < 1.29 is 13.9 Å². The summed E-state index contributed by atoms with van der Waals surface area (Å²) < 4.78 is 11.7. The van der Waals surface area contributed by atoms with Gasteiger partial charge in [0, 0.05) is 37.7 Å². The fourth-order valence-electron chi connectivity index (χ4n) is 3.71. The number of halogens is 1. The Hall–Kier alpha value is -2.76. The first kappa shape index (κ1) is 21.5. The Morgan fingerprint density at radius 1 is 1.03 bits per heavy atom. The van der Waals surface area contributed by atoms with Crippen molar-refractivity contribution in [3.8, 4) is 5.75 Å². The molecule has 0 bridgehead atoms. The molecule has 0 spiro atoms. The maximum Gasteiger partial charge on any atom is 0.289 e. The van der Waals surface area contributed by atoms with E-state index in [1.54, 1.807) is 6.07 Å². The third-order valence-corrected chi connectivity index (χ3v) is 5.97. The van der Waals surface area contributed by atoms with E-state index in [9.17, 15) is 4.79 Å². The highest BCUT2D eigenvalue weighted by atomic mass is 35.5. The molecule has 4 rings (SSSR count). The summed E-state index contributed by atoms with van der Waals surface area (Å²) in [7, 11) is 0. The van der Waals surface area contributed by atoms with Crippen LogP contribution in [0.3, 0.4) is 0 Å². The normalized spacial score (nSPS) is 14.6. The Morgan fingerprint density at radius 3 is 2.58 bits per heavy atom. The molecular weight excluding hydrogens is 412 g/mol. The van der Waals surface area contributed by atoms with Crippen molar-refractivity contribution in [2.24, 2.45) is 0 Å². The van der Waals surface area contributed by atoms with Crippen molar-refractivity contribution in [2.45, 2.75) is 27.0 Å². The molecule has 0 saturated carbocycles. The third kappa shape index (κ3) is 5.30. The van der Waals surface area contributed by atoms with Crippen LogP contribution in [0.15, 0.2) is 59.0 Å². The molecule has 5 nitrogen and oxygen atoms in total. The number of hydrogen-bond donors (Lipinski definition) is 0. The zero-order valence-corrected chi connectivity index (χ0v) is 18.7.